The van der Waals surface area contributed by atoms with Gasteiger partial charge in [0.05, 0.1) is 43.1 Å². The maximum absolute atomic E-state index is 6.20. The van der Waals surface area contributed by atoms with E-state index in [2.05, 4.69) is 4.98 Å². The second-order valence-corrected chi connectivity index (χ2v) is 4.77. The molecule has 1 atom stereocenters. The second-order valence-electron chi connectivity index (χ2n) is 4.36. The van der Waals surface area contributed by atoms with E-state index in [1.54, 1.807) is 38.9 Å². The molecule has 0 aliphatic carbocycles. The summed E-state index contributed by atoms with van der Waals surface area (Å²) in [4.78, 5) is 4.17. The lowest BCUT2D eigenvalue weighted by Crippen LogP contribution is -2.13. The smallest absolute Gasteiger partial charge is 0.146 e. The minimum absolute atomic E-state index is 0.0944. The fourth-order valence-electron chi connectivity index (χ4n) is 2.02. The largest absolute Gasteiger partial charge is 0.495 e. The average Bonchev–Trinajstić information content (AvgIpc) is 2.95. The van der Waals surface area contributed by atoms with Crippen LogP contribution in [0.2, 0.25) is 5.02 Å². The van der Waals surface area contributed by atoms with Crippen LogP contribution in [0.5, 0.6) is 11.5 Å². The molecule has 1 aromatic carbocycles. The first-order valence-corrected chi connectivity index (χ1v) is 6.69. The average molecular weight is 296 g/mol. The Kier molecular flexibility index (Phi) is 4.52. The molecule has 5 nitrogen and oxygen atoms in total. The van der Waals surface area contributed by atoms with Crippen LogP contribution in [0.1, 0.15) is 25.1 Å². The minimum atomic E-state index is -0.0944. The lowest BCUT2D eigenvalue weighted by Gasteiger charge is -2.17. The number of methoxy groups -OCH3 is 2. The van der Waals surface area contributed by atoms with Gasteiger partial charge in [-0.25, -0.2) is 4.98 Å². The Morgan fingerprint density at radius 2 is 2.00 bits per heavy atom. The molecule has 0 amide bonds. The summed E-state index contributed by atoms with van der Waals surface area (Å²) in [7, 11) is 3.17. The fraction of sp³-hybridized carbons (Fsp3) is 0.357. The first-order chi connectivity index (χ1) is 9.62. The molecule has 2 aromatic rings. The van der Waals surface area contributed by atoms with Gasteiger partial charge in [-0.2, -0.15) is 0 Å². The van der Waals surface area contributed by atoms with Crippen molar-refractivity contribution in [2.75, 3.05) is 14.2 Å². The summed E-state index contributed by atoms with van der Waals surface area (Å²) in [5.74, 6) is 1.21. The summed E-state index contributed by atoms with van der Waals surface area (Å²) < 4.78 is 12.5. The number of nitrogens with zero attached hydrogens (tertiary/aromatic N) is 2. The maximum Gasteiger partial charge on any atom is 0.146 e. The summed E-state index contributed by atoms with van der Waals surface area (Å²) >= 11 is 6.20. The van der Waals surface area contributed by atoms with Gasteiger partial charge in [-0.15, -0.1) is 0 Å². The molecule has 0 aliphatic rings. The van der Waals surface area contributed by atoms with E-state index in [0.29, 0.717) is 16.5 Å². The van der Waals surface area contributed by atoms with Crippen molar-refractivity contribution >= 4 is 11.6 Å². The van der Waals surface area contributed by atoms with Gasteiger partial charge >= 0.3 is 0 Å². The second kappa shape index (κ2) is 6.15. The van der Waals surface area contributed by atoms with Crippen LogP contribution in [0.3, 0.4) is 0 Å². The van der Waals surface area contributed by atoms with E-state index in [-0.39, 0.29) is 6.04 Å². The zero-order valence-corrected chi connectivity index (χ0v) is 12.5. The van der Waals surface area contributed by atoms with Crippen LogP contribution in [0.4, 0.5) is 0 Å². The van der Waals surface area contributed by atoms with Gasteiger partial charge in [-0.05, 0) is 12.5 Å². The molecule has 0 saturated carbocycles. The first kappa shape index (κ1) is 14.7. The summed E-state index contributed by atoms with van der Waals surface area (Å²) in [6, 6.07) is 3.44. The monoisotopic (exact) mass is 295 g/mol. The summed E-state index contributed by atoms with van der Waals surface area (Å²) in [5, 5.41) is 0.507. The third-order valence-corrected chi connectivity index (χ3v) is 3.50. The van der Waals surface area contributed by atoms with E-state index in [1.807, 2.05) is 11.5 Å². The zero-order valence-electron chi connectivity index (χ0n) is 11.8. The van der Waals surface area contributed by atoms with E-state index in [4.69, 9.17) is 26.8 Å². The van der Waals surface area contributed by atoms with Crippen molar-refractivity contribution in [3.8, 4) is 17.2 Å². The van der Waals surface area contributed by atoms with Gasteiger partial charge in [-0.3, -0.25) is 4.57 Å². The van der Waals surface area contributed by atoms with Crippen LogP contribution in [-0.2, 0) is 0 Å². The number of ether oxygens (including phenoxy) is 2. The van der Waals surface area contributed by atoms with Crippen LogP contribution in [0, 0.1) is 0 Å². The Hall–Kier alpha value is -1.72. The molecule has 1 aromatic heterocycles. The number of hydrogen-bond acceptors (Lipinski definition) is 4. The van der Waals surface area contributed by atoms with Crippen molar-refractivity contribution in [3.05, 3.63) is 35.4 Å². The van der Waals surface area contributed by atoms with Crippen molar-refractivity contribution in [1.82, 2.24) is 9.55 Å². The lowest BCUT2D eigenvalue weighted by molar-refractivity contribution is 0.393. The van der Waals surface area contributed by atoms with Gasteiger partial charge in [-0.1, -0.05) is 18.5 Å². The molecule has 2 N–H and O–H groups in total. The molecule has 0 fully saturated rings. The van der Waals surface area contributed by atoms with Gasteiger partial charge in [0.15, 0.2) is 0 Å². The highest BCUT2D eigenvalue weighted by Gasteiger charge is 2.16. The van der Waals surface area contributed by atoms with Crippen LogP contribution in [0.15, 0.2) is 24.7 Å². The quantitative estimate of drug-likeness (QED) is 0.921. The maximum atomic E-state index is 6.20. The molecule has 6 heteroatoms. The Bertz CT molecular complexity index is 598. The summed E-state index contributed by atoms with van der Waals surface area (Å²) in [6.07, 6.45) is 4.27. The molecular weight excluding hydrogens is 278 g/mol. The normalized spacial score (nSPS) is 12.2. The highest BCUT2D eigenvalue weighted by atomic mass is 35.5. The molecule has 0 spiro atoms. The van der Waals surface area contributed by atoms with Gasteiger partial charge in [0, 0.05) is 12.1 Å². The van der Waals surface area contributed by atoms with Crippen LogP contribution >= 0.6 is 11.6 Å². The number of hydrogen-bond donors (Lipinski definition) is 1. The van der Waals surface area contributed by atoms with Crippen molar-refractivity contribution in [2.45, 2.75) is 19.4 Å². The number of nitrogens with two attached hydrogens (primary N) is 1. The molecule has 0 unspecified atom stereocenters. The standard InChI is InChI=1S/C14H18ClN3O2/c1-4-10(16)12-7-17-8-18(12)11-5-9(15)13(19-2)6-14(11)20-3/h5-8,10H,4,16H2,1-3H3/t10-/m1/s1. The van der Waals surface area contributed by atoms with Crippen molar-refractivity contribution in [1.29, 1.82) is 0 Å². The van der Waals surface area contributed by atoms with Crippen molar-refractivity contribution < 1.29 is 9.47 Å². The fourth-order valence-corrected chi connectivity index (χ4v) is 2.26. The number of rotatable bonds is 5. The van der Waals surface area contributed by atoms with Gasteiger partial charge in [0.1, 0.15) is 11.5 Å². The zero-order chi connectivity index (χ0) is 14.7. The summed E-state index contributed by atoms with van der Waals surface area (Å²) in [5.41, 5.74) is 7.80. The molecule has 1 heterocycles. The number of aromatic nitrogens is 2. The van der Waals surface area contributed by atoms with Crippen molar-refractivity contribution in [3.63, 3.8) is 0 Å². The highest BCUT2D eigenvalue weighted by Crippen LogP contribution is 2.35. The van der Waals surface area contributed by atoms with Gasteiger partial charge in [0.25, 0.3) is 0 Å². The van der Waals surface area contributed by atoms with Gasteiger partial charge < -0.3 is 15.2 Å². The number of halogens is 1. The predicted molar refractivity (Wildman–Crippen MR) is 78.9 cm³/mol. The number of benzene rings is 1. The Labute approximate surface area is 123 Å². The molecule has 0 radical (unpaired) electrons. The third kappa shape index (κ3) is 2.59. The van der Waals surface area contributed by atoms with E-state index >= 15 is 0 Å². The Balaban J connectivity index is 2.58. The van der Waals surface area contributed by atoms with E-state index < -0.39 is 0 Å². The van der Waals surface area contributed by atoms with Crippen molar-refractivity contribution in [2.24, 2.45) is 5.73 Å². The SMILES string of the molecule is CC[C@@H](N)c1cncn1-c1cc(Cl)c(OC)cc1OC. The van der Waals surface area contributed by atoms with Gasteiger partial charge in [0.2, 0.25) is 0 Å². The summed E-state index contributed by atoms with van der Waals surface area (Å²) in [6.45, 7) is 2.03. The minimum Gasteiger partial charge on any atom is -0.495 e. The molecule has 0 bridgehead atoms. The van der Waals surface area contributed by atoms with Crippen LogP contribution in [0.25, 0.3) is 5.69 Å². The van der Waals surface area contributed by atoms with E-state index in [9.17, 15) is 0 Å². The van der Waals surface area contributed by atoms with Crippen LogP contribution < -0.4 is 15.2 Å². The lowest BCUT2D eigenvalue weighted by atomic mass is 10.1. The number of imidazole rings is 1. The first-order valence-electron chi connectivity index (χ1n) is 6.32. The molecular formula is C14H18ClN3O2. The molecule has 2 rings (SSSR count). The molecule has 0 saturated heterocycles. The van der Waals surface area contributed by atoms with E-state index in [0.717, 1.165) is 17.8 Å². The molecule has 108 valence electrons. The van der Waals surface area contributed by atoms with Crippen LogP contribution in [-0.4, -0.2) is 23.8 Å². The molecule has 0 aliphatic heterocycles. The highest BCUT2D eigenvalue weighted by molar-refractivity contribution is 6.32. The van der Waals surface area contributed by atoms with E-state index in [1.165, 1.54) is 0 Å². The predicted octanol–water partition coefficient (Wildman–Crippen LogP) is 2.95. The Morgan fingerprint density at radius 3 is 2.60 bits per heavy atom. The Morgan fingerprint density at radius 1 is 1.30 bits per heavy atom. The molecule has 20 heavy (non-hydrogen) atoms. The topological polar surface area (TPSA) is 62.3 Å². The third-order valence-electron chi connectivity index (χ3n) is 3.20.